The third-order valence-electron chi connectivity index (χ3n) is 3.45. The van der Waals surface area contributed by atoms with E-state index < -0.39 is 19.6 Å². The molecule has 8 heteroatoms. The van der Waals surface area contributed by atoms with Gasteiger partial charge in [0.2, 0.25) is 0 Å². The number of benzene rings is 1. The molecule has 2 atom stereocenters. The highest BCUT2D eigenvalue weighted by molar-refractivity contribution is 7.50. The Kier molecular flexibility index (Phi) is 4.85. The van der Waals surface area contributed by atoms with Gasteiger partial charge in [0.15, 0.2) is 5.78 Å². The lowest BCUT2D eigenvalue weighted by Gasteiger charge is -2.20. The van der Waals surface area contributed by atoms with E-state index in [4.69, 9.17) is 9.79 Å². The molecule has 4 N–H and O–H groups in total. The Morgan fingerprint density at radius 1 is 1.17 bits per heavy atom. The highest BCUT2D eigenvalue weighted by atomic mass is 31.2. The zero-order chi connectivity index (χ0) is 17.2. The van der Waals surface area contributed by atoms with E-state index in [0.717, 1.165) is 0 Å². The molecule has 7 nitrogen and oxygen atoms in total. The molecule has 0 radical (unpaired) electrons. The molecule has 0 bridgehead atoms. The van der Waals surface area contributed by atoms with Crippen molar-refractivity contribution in [3.8, 4) is 5.75 Å². The first-order chi connectivity index (χ1) is 10.7. The maximum Gasteiger partial charge on any atom is 0.448 e. The monoisotopic (exact) mass is 337 g/mol. The predicted octanol–water partition coefficient (Wildman–Crippen LogP) is 2.23. The van der Waals surface area contributed by atoms with E-state index in [1.165, 1.54) is 30.4 Å². The number of aliphatic hydroxyl groups is 1. The molecule has 1 aliphatic rings. The van der Waals surface area contributed by atoms with Crippen molar-refractivity contribution in [3.63, 3.8) is 0 Å². The summed E-state index contributed by atoms with van der Waals surface area (Å²) in [6, 6.07) is 6.05. The number of ketones is 1. The number of aliphatic hydroxyl groups excluding tert-OH is 1. The third-order valence-corrected chi connectivity index (χ3v) is 3.94. The Balaban J connectivity index is 2.34. The number of hydrogen-bond acceptors (Lipinski definition) is 4. The summed E-state index contributed by atoms with van der Waals surface area (Å²) in [5, 5.41) is 18.9. The number of Topliss-reactive ketones (excluding diaryl/α,β-unsaturated/α-hetero) is 1. The molecule has 2 unspecified atom stereocenters. The van der Waals surface area contributed by atoms with Crippen LogP contribution in [0.4, 0.5) is 0 Å². The average molecular weight is 337 g/mol. The van der Waals surface area contributed by atoms with Gasteiger partial charge >= 0.3 is 7.75 Å². The van der Waals surface area contributed by atoms with Crippen molar-refractivity contribution in [3.05, 3.63) is 53.8 Å². The lowest BCUT2D eigenvalue weighted by molar-refractivity contribution is -0.121. The van der Waals surface area contributed by atoms with Crippen molar-refractivity contribution >= 4 is 19.2 Å². The van der Waals surface area contributed by atoms with Gasteiger partial charge in [-0.2, -0.15) is 4.76 Å². The Morgan fingerprint density at radius 3 is 2.35 bits per heavy atom. The number of nitrogens with zero attached hydrogens (tertiary/aromatic N) is 1. The topological polar surface area (TPSA) is 127 Å². The van der Waals surface area contributed by atoms with Crippen molar-refractivity contribution in [2.45, 2.75) is 12.8 Å². The second-order valence-corrected chi connectivity index (χ2v) is 6.38. The maximum absolute atomic E-state index is 12.6. The molecule has 0 fully saturated rings. The molecule has 1 aromatic carbocycles. The Morgan fingerprint density at radius 2 is 1.78 bits per heavy atom. The summed E-state index contributed by atoms with van der Waals surface area (Å²) >= 11 is 0. The van der Waals surface area contributed by atoms with Crippen LogP contribution in [-0.4, -0.2) is 31.5 Å². The molecule has 1 aliphatic carbocycles. The second-order valence-electron chi connectivity index (χ2n) is 5.16. The van der Waals surface area contributed by atoms with E-state index in [1.54, 1.807) is 19.1 Å². The van der Waals surface area contributed by atoms with Crippen molar-refractivity contribution in [2.75, 3.05) is 0 Å². The normalized spacial score (nSPS) is 21.1. The summed E-state index contributed by atoms with van der Waals surface area (Å²) in [4.78, 5) is 30.6. The number of aromatic hydroxyl groups is 1. The van der Waals surface area contributed by atoms with E-state index in [1.807, 2.05) is 0 Å². The lowest BCUT2D eigenvalue weighted by atomic mass is 9.84. The van der Waals surface area contributed by atoms with Gasteiger partial charge in [0.1, 0.15) is 11.5 Å². The molecule has 0 amide bonds. The molecular formula is C15H16NO6P. The zero-order valence-electron chi connectivity index (χ0n) is 12.2. The van der Waals surface area contributed by atoms with Gasteiger partial charge in [0.05, 0.1) is 11.6 Å². The highest BCUT2D eigenvalue weighted by Crippen LogP contribution is 2.38. The Labute approximate surface area is 132 Å². The summed E-state index contributed by atoms with van der Waals surface area (Å²) < 4.78 is 14.4. The van der Waals surface area contributed by atoms with Crippen molar-refractivity contribution in [1.82, 2.24) is 0 Å². The smallest absolute Gasteiger partial charge is 0.448 e. The molecule has 1 aromatic rings. The molecule has 0 saturated heterocycles. The fourth-order valence-corrected chi connectivity index (χ4v) is 2.75. The molecule has 0 saturated carbocycles. The number of phenolic OH excluding ortho intramolecular Hbond substituents is 1. The van der Waals surface area contributed by atoms with Gasteiger partial charge in [-0.25, -0.2) is 4.57 Å². The van der Waals surface area contributed by atoms with Gasteiger partial charge in [-0.3, -0.25) is 4.79 Å². The largest absolute Gasteiger partial charge is 0.508 e. The molecule has 122 valence electrons. The summed E-state index contributed by atoms with van der Waals surface area (Å²) in [6.45, 7) is 1.63. The zero-order valence-corrected chi connectivity index (χ0v) is 13.1. The quantitative estimate of drug-likeness (QED) is 0.624. The van der Waals surface area contributed by atoms with Crippen LogP contribution in [0.25, 0.3) is 0 Å². The Bertz CT molecular complexity index is 744. The minimum Gasteiger partial charge on any atom is -0.508 e. The van der Waals surface area contributed by atoms with Gasteiger partial charge in [-0.15, -0.1) is 0 Å². The molecule has 0 aromatic heterocycles. The van der Waals surface area contributed by atoms with E-state index >= 15 is 0 Å². The fraction of sp³-hybridized carbons (Fsp3) is 0.200. The average Bonchev–Trinajstić information content (AvgIpc) is 2.47. The lowest BCUT2D eigenvalue weighted by Crippen LogP contribution is -2.27. The first-order valence-corrected chi connectivity index (χ1v) is 8.31. The van der Waals surface area contributed by atoms with Crippen LogP contribution in [0.3, 0.4) is 0 Å². The fourth-order valence-electron chi connectivity index (χ4n) is 2.26. The van der Waals surface area contributed by atoms with Crippen molar-refractivity contribution in [1.29, 1.82) is 0 Å². The number of carbonyl (C=O) groups is 1. The van der Waals surface area contributed by atoms with Crippen LogP contribution in [0.1, 0.15) is 18.4 Å². The van der Waals surface area contributed by atoms with Gasteiger partial charge < -0.3 is 20.0 Å². The minimum atomic E-state index is -4.70. The predicted molar refractivity (Wildman–Crippen MR) is 84.3 cm³/mol. The van der Waals surface area contributed by atoms with Gasteiger partial charge in [-0.05, 0) is 35.9 Å². The maximum atomic E-state index is 12.6. The standard InChI is InChI=1S/C15H16NO6P/c1-9(10-2-4-11(17)5-3-10)15(19)13-8-12(18)6-7-14(13)16-23(20,21)22/h2-9,13,17-18H,1H3,(H2,20,21,22)/b16-14+. The van der Waals surface area contributed by atoms with E-state index in [2.05, 4.69) is 4.76 Å². The van der Waals surface area contributed by atoms with Crippen LogP contribution in [0, 0.1) is 5.92 Å². The molecular weight excluding hydrogens is 321 g/mol. The van der Waals surface area contributed by atoms with Crippen molar-refractivity contribution in [2.24, 2.45) is 10.7 Å². The summed E-state index contributed by atoms with van der Waals surface area (Å²) in [5.41, 5.74) is 0.525. The van der Waals surface area contributed by atoms with Crippen LogP contribution in [-0.2, 0) is 9.36 Å². The van der Waals surface area contributed by atoms with Gasteiger partial charge in [0, 0.05) is 5.92 Å². The molecule has 23 heavy (non-hydrogen) atoms. The number of carbonyl (C=O) groups excluding carboxylic acids is 1. The van der Waals surface area contributed by atoms with Gasteiger partial charge in [0.25, 0.3) is 0 Å². The SMILES string of the molecule is CC(C(=O)C1C=C(O)C=C/C1=N\P(=O)(O)O)c1ccc(O)cc1. The van der Waals surface area contributed by atoms with Crippen LogP contribution in [0.15, 0.2) is 53.0 Å². The van der Waals surface area contributed by atoms with Crippen LogP contribution in [0.2, 0.25) is 0 Å². The van der Waals surface area contributed by atoms with E-state index in [-0.39, 0.29) is 23.0 Å². The number of allylic oxidation sites excluding steroid dienone is 3. The molecule has 2 rings (SSSR count). The van der Waals surface area contributed by atoms with Crippen LogP contribution < -0.4 is 0 Å². The van der Waals surface area contributed by atoms with Crippen LogP contribution in [0.5, 0.6) is 5.75 Å². The summed E-state index contributed by atoms with van der Waals surface area (Å²) in [7, 11) is -4.70. The summed E-state index contributed by atoms with van der Waals surface area (Å²) in [6.07, 6.45) is 3.62. The number of phenols is 1. The number of rotatable bonds is 4. The highest BCUT2D eigenvalue weighted by Gasteiger charge is 2.30. The first kappa shape index (κ1) is 17.1. The van der Waals surface area contributed by atoms with E-state index in [9.17, 15) is 19.6 Å². The molecule has 0 heterocycles. The first-order valence-electron chi connectivity index (χ1n) is 6.74. The molecule has 0 aliphatic heterocycles. The van der Waals surface area contributed by atoms with Crippen molar-refractivity contribution < 1.29 is 29.4 Å². The van der Waals surface area contributed by atoms with Crippen LogP contribution >= 0.6 is 7.75 Å². The second kappa shape index (κ2) is 6.50. The number of hydrogen-bond donors (Lipinski definition) is 4. The van der Waals surface area contributed by atoms with Gasteiger partial charge in [-0.1, -0.05) is 19.1 Å². The molecule has 0 spiro atoms. The Hall–Kier alpha value is -2.21. The third kappa shape index (κ3) is 4.39. The van der Waals surface area contributed by atoms with E-state index in [0.29, 0.717) is 5.56 Å². The summed E-state index contributed by atoms with van der Waals surface area (Å²) in [5.74, 6) is -2.16. The minimum absolute atomic E-state index is 0.0651.